The molecule has 1 aromatic rings. The van der Waals surface area contributed by atoms with Crippen molar-refractivity contribution in [3.05, 3.63) is 18.3 Å². The van der Waals surface area contributed by atoms with Crippen molar-refractivity contribution in [2.45, 2.75) is 19.8 Å². The number of pyridine rings is 1. The maximum absolute atomic E-state index is 11.0. The molecule has 0 saturated carbocycles. The van der Waals surface area contributed by atoms with Crippen LogP contribution in [0.2, 0.25) is 0 Å². The number of nitrogens with two attached hydrogens (primary N) is 1. The van der Waals surface area contributed by atoms with Gasteiger partial charge in [-0.1, -0.05) is 6.92 Å². The van der Waals surface area contributed by atoms with Gasteiger partial charge in [-0.25, -0.2) is 4.98 Å². The van der Waals surface area contributed by atoms with Gasteiger partial charge >= 0.3 is 5.97 Å². The molecule has 0 spiro atoms. The maximum Gasteiger partial charge on any atom is 0.311 e. The van der Waals surface area contributed by atoms with Crippen LogP contribution in [0.25, 0.3) is 0 Å². The Balaban J connectivity index is 2.54. The fourth-order valence-electron chi connectivity index (χ4n) is 0.839. The van der Waals surface area contributed by atoms with Gasteiger partial charge in [-0.3, -0.25) is 4.79 Å². The summed E-state index contributed by atoms with van der Waals surface area (Å²) < 4.78 is 4.95. The quantitative estimate of drug-likeness (QED) is 0.713. The van der Waals surface area contributed by atoms with Crippen LogP contribution in [0.5, 0.6) is 5.75 Å². The second-order valence-electron chi connectivity index (χ2n) is 2.64. The van der Waals surface area contributed by atoms with Gasteiger partial charge in [0.2, 0.25) is 0 Å². The minimum absolute atomic E-state index is 0.242. The lowest BCUT2D eigenvalue weighted by Gasteiger charge is -2.01. The van der Waals surface area contributed by atoms with Gasteiger partial charge in [-0.2, -0.15) is 0 Å². The Hall–Kier alpha value is -1.58. The lowest BCUT2D eigenvalue weighted by atomic mass is 10.3. The number of nitrogens with zero attached hydrogens (tertiary/aromatic N) is 1. The summed E-state index contributed by atoms with van der Waals surface area (Å²) in [5.74, 6) is 0.608. The zero-order chi connectivity index (χ0) is 9.68. The fourth-order valence-corrected chi connectivity index (χ4v) is 0.839. The number of anilines is 1. The third kappa shape index (κ3) is 3.11. The van der Waals surface area contributed by atoms with Crippen LogP contribution in [0.4, 0.5) is 5.82 Å². The molecule has 4 nitrogen and oxygen atoms in total. The van der Waals surface area contributed by atoms with Crippen LogP contribution in [0, 0.1) is 0 Å². The molecule has 13 heavy (non-hydrogen) atoms. The summed E-state index contributed by atoms with van der Waals surface area (Å²) in [4.78, 5) is 14.8. The molecule has 0 amide bonds. The molecule has 1 rings (SSSR count). The first-order valence-corrected chi connectivity index (χ1v) is 4.14. The summed E-state index contributed by atoms with van der Waals surface area (Å²) in [6, 6.07) is 3.21. The summed E-state index contributed by atoms with van der Waals surface area (Å²) in [7, 11) is 0. The van der Waals surface area contributed by atoms with E-state index in [1.165, 1.54) is 6.20 Å². The van der Waals surface area contributed by atoms with Crippen molar-refractivity contribution in [3.63, 3.8) is 0 Å². The first-order chi connectivity index (χ1) is 6.22. The summed E-state index contributed by atoms with van der Waals surface area (Å²) in [5, 5.41) is 0. The largest absolute Gasteiger partial charge is 0.425 e. The van der Waals surface area contributed by atoms with Crippen molar-refractivity contribution in [3.8, 4) is 5.75 Å². The molecule has 0 aliphatic heterocycles. The van der Waals surface area contributed by atoms with E-state index in [4.69, 9.17) is 10.5 Å². The van der Waals surface area contributed by atoms with E-state index in [9.17, 15) is 4.79 Å². The first kappa shape index (κ1) is 9.51. The highest BCUT2D eigenvalue weighted by Gasteiger charge is 2.02. The molecule has 0 atom stereocenters. The van der Waals surface area contributed by atoms with Crippen LogP contribution in [0.1, 0.15) is 19.8 Å². The number of esters is 1. The van der Waals surface area contributed by atoms with Gasteiger partial charge in [0.25, 0.3) is 0 Å². The molecule has 0 saturated heterocycles. The molecule has 0 unspecified atom stereocenters. The number of hydrogen-bond acceptors (Lipinski definition) is 4. The van der Waals surface area contributed by atoms with Gasteiger partial charge in [0.05, 0.1) is 6.20 Å². The van der Waals surface area contributed by atoms with Crippen molar-refractivity contribution in [1.82, 2.24) is 4.98 Å². The van der Waals surface area contributed by atoms with Crippen molar-refractivity contribution in [2.24, 2.45) is 0 Å². The van der Waals surface area contributed by atoms with E-state index in [0.717, 1.165) is 6.42 Å². The Labute approximate surface area is 76.7 Å². The average molecular weight is 180 g/mol. The van der Waals surface area contributed by atoms with E-state index in [-0.39, 0.29) is 5.97 Å². The van der Waals surface area contributed by atoms with Gasteiger partial charge in [-0.15, -0.1) is 0 Å². The predicted octanol–water partition coefficient (Wildman–Crippen LogP) is 1.37. The van der Waals surface area contributed by atoms with Crippen LogP contribution >= 0.6 is 0 Å². The highest BCUT2D eigenvalue weighted by atomic mass is 16.5. The number of carbonyl (C=O) groups is 1. The molecule has 0 aromatic carbocycles. The molecule has 70 valence electrons. The van der Waals surface area contributed by atoms with Gasteiger partial charge in [0, 0.05) is 6.42 Å². The monoisotopic (exact) mass is 180 g/mol. The highest BCUT2D eigenvalue weighted by Crippen LogP contribution is 2.10. The van der Waals surface area contributed by atoms with Crippen molar-refractivity contribution < 1.29 is 9.53 Å². The normalized spacial score (nSPS) is 9.62. The van der Waals surface area contributed by atoms with Crippen molar-refractivity contribution >= 4 is 11.8 Å². The topological polar surface area (TPSA) is 65.2 Å². The van der Waals surface area contributed by atoms with E-state index in [2.05, 4.69) is 4.98 Å². The number of nitrogen functional groups attached to an aromatic ring is 1. The summed E-state index contributed by atoms with van der Waals surface area (Å²) in [5.41, 5.74) is 5.36. The van der Waals surface area contributed by atoms with Gasteiger partial charge < -0.3 is 10.5 Å². The molecule has 0 fully saturated rings. The van der Waals surface area contributed by atoms with E-state index < -0.39 is 0 Å². The van der Waals surface area contributed by atoms with Crippen LogP contribution in [0.15, 0.2) is 18.3 Å². The lowest BCUT2D eigenvalue weighted by molar-refractivity contribution is -0.134. The Bertz CT molecular complexity index is 282. The Morgan fingerprint density at radius 2 is 2.38 bits per heavy atom. The van der Waals surface area contributed by atoms with Crippen molar-refractivity contribution in [2.75, 3.05) is 5.73 Å². The zero-order valence-corrected chi connectivity index (χ0v) is 7.49. The highest BCUT2D eigenvalue weighted by molar-refractivity contribution is 5.72. The third-order valence-electron chi connectivity index (χ3n) is 1.45. The standard InChI is InChI=1S/C9H12N2O2/c1-2-3-9(12)13-7-4-5-8(10)11-6-7/h4-6H,2-3H2,1H3,(H2,10,11). The van der Waals surface area contributed by atoms with Crippen LogP contribution < -0.4 is 10.5 Å². The predicted molar refractivity (Wildman–Crippen MR) is 49.2 cm³/mol. The smallest absolute Gasteiger partial charge is 0.311 e. The molecule has 4 heteroatoms. The molecule has 0 bridgehead atoms. The van der Waals surface area contributed by atoms with Gasteiger partial charge in [0.1, 0.15) is 11.6 Å². The SMILES string of the molecule is CCCC(=O)Oc1ccc(N)nc1. The second-order valence-corrected chi connectivity index (χ2v) is 2.64. The van der Waals surface area contributed by atoms with E-state index in [1.54, 1.807) is 12.1 Å². The summed E-state index contributed by atoms with van der Waals surface area (Å²) >= 11 is 0. The zero-order valence-electron chi connectivity index (χ0n) is 7.49. The molecule has 0 aliphatic rings. The maximum atomic E-state index is 11.0. The van der Waals surface area contributed by atoms with Crippen LogP contribution in [-0.2, 0) is 4.79 Å². The molecular formula is C9H12N2O2. The van der Waals surface area contributed by atoms with E-state index in [0.29, 0.717) is 18.0 Å². The molecule has 0 radical (unpaired) electrons. The minimum Gasteiger partial charge on any atom is -0.425 e. The number of ether oxygens (including phenoxy) is 1. The number of hydrogen-bond donors (Lipinski definition) is 1. The van der Waals surface area contributed by atoms with Gasteiger partial charge in [0.15, 0.2) is 0 Å². The van der Waals surface area contributed by atoms with Crippen molar-refractivity contribution in [1.29, 1.82) is 0 Å². The summed E-state index contributed by atoms with van der Waals surface area (Å²) in [6.45, 7) is 1.92. The molecule has 1 aromatic heterocycles. The number of rotatable bonds is 3. The number of aromatic nitrogens is 1. The van der Waals surface area contributed by atoms with E-state index in [1.807, 2.05) is 6.92 Å². The second kappa shape index (κ2) is 4.45. The Morgan fingerprint density at radius 1 is 1.62 bits per heavy atom. The first-order valence-electron chi connectivity index (χ1n) is 4.14. The summed E-state index contributed by atoms with van der Waals surface area (Å²) in [6.07, 6.45) is 2.63. The van der Waals surface area contributed by atoms with Crippen LogP contribution in [-0.4, -0.2) is 11.0 Å². The van der Waals surface area contributed by atoms with Crippen LogP contribution in [0.3, 0.4) is 0 Å². The van der Waals surface area contributed by atoms with Gasteiger partial charge in [-0.05, 0) is 18.6 Å². The minimum atomic E-state index is -0.242. The fraction of sp³-hybridized carbons (Fsp3) is 0.333. The third-order valence-corrected chi connectivity index (χ3v) is 1.45. The molecule has 1 heterocycles. The molecular weight excluding hydrogens is 168 g/mol. The Kier molecular flexibility index (Phi) is 3.25. The number of carbonyl (C=O) groups excluding carboxylic acids is 1. The lowest BCUT2D eigenvalue weighted by Crippen LogP contribution is -2.07. The Morgan fingerprint density at radius 3 is 2.92 bits per heavy atom. The van der Waals surface area contributed by atoms with E-state index >= 15 is 0 Å². The molecule has 0 aliphatic carbocycles. The molecule has 2 N–H and O–H groups in total. The average Bonchev–Trinajstić information content (AvgIpc) is 2.09.